The van der Waals surface area contributed by atoms with Gasteiger partial charge in [-0.05, 0) is 49.4 Å². The van der Waals surface area contributed by atoms with Gasteiger partial charge in [0.25, 0.3) is 0 Å². The second-order valence-electron chi connectivity index (χ2n) is 7.47. The van der Waals surface area contributed by atoms with Crippen LogP contribution in [0.25, 0.3) is 0 Å². The standard InChI is InChI=1S/C20H38O6/c1-9-15(10-2)17(13(5)6)23-19(21)25-26-20(22)24-18(14(7)8)16(11-3)12-4/h13-18H,9-12H2,1-8H3. The van der Waals surface area contributed by atoms with Gasteiger partial charge in [-0.15, -0.1) is 0 Å². The van der Waals surface area contributed by atoms with Crippen molar-refractivity contribution in [2.45, 2.75) is 93.3 Å². The molecule has 6 nitrogen and oxygen atoms in total. The van der Waals surface area contributed by atoms with Gasteiger partial charge in [0.05, 0.1) is 0 Å². The van der Waals surface area contributed by atoms with E-state index in [4.69, 9.17) is 9.47 Å². The molecule has 0 bridgehead atoms. The molecule has 6 heteroatoms. The van der Waals surface area contributed by atoms with Crippen molar-refractivity contribution in [2.24, 2.45) is 23.7 Å². The molecule has 0 saturated carbocycles. The van der Waals surface area contributed by atoms with Crippen LogP contribution in [0.4, 0.5) is 9.59 Å². The molecule has 0 fully saturated rings. The monoisotopic (exact) mass is 374 g/mol. The van der Waals surface area contributed by atoms with Crippen molar-refractivity contribution in [1.29, 1.82) is 0 Å². The lowest BCUT2D eigenvalue weighted by molar-refractivity contribution is -0.230. The van der Waals surface area contributed by atoms with Gasteiger partial charge >= 0.3 is 12.3 Å². The first-order chi connectivity index (χ1) is 12.2. The second-order valence-corrected chi connectivity index (χ2v) is 7.47. The molecule has 0 rings (SSSR count). The fraction of sp³-hybridized carbons (Fsp3) is 0.900. The van der Waals surface area contributed by atoms with Crippen molar-refractivity contribution in [3.63, 3.8) is 0 Å². The van der Waals surface area contributed by atoms with Crippen LogP contribution in [0.15, 0.2) is 0 Å². The molecule has 0 amide bonds. The van der Waals surface area contributed by atoms with Gasteiger partial charge in [-0.25, -0.2) is 0 Å². The van der Waals surface area contributed by atoms with Gasteiger partial charge < -0.3 is 9.47 Å². The van der Waals surface area contributed by atoms with Crippen LogP contribution < -0.4 is 0 Å². The Morgan fingerprint density at radius 3 is 1.08 bits per heavy atom. The van der Waals surface area contributed by atoms with Crippen LogP contribution >= 0.6 is 0 Å². The molecule has 2 atom stereocenters. The van der Waals surface area contributed by atoms with E-state index in [1.54, 1.807) is 0 Å². The van der Waals surface area contributed by atoms with Crippen molar-refractivity contribution in [3.05, 3.63) is 0 Å². The Hall–Kier alpha value is -1.46. The lowest BCUT2D eigenvalue weighted by Crippen LogP contribution is -2.33. The van der Waals surface area contributed by atoms with Gasteiger partial charge in [0, 0.05) is 0 Å². The lowest BCUT2D eigenvalue weighted by Gasteiger charge is -2.28. The summed E-state index contributed by atoms with van der Waals surface area (Å²) in [5.41, 5.74) is 0. The fourth-order valence-electron chi connectivity index (χ4n) is 3.39. The Labute approximate surface area is 158 Å². The summed E-state index contributed by atoms with van der Waals surface area (Å²) in [6.07, 6.45) is 0.951. The molecule has 0 aliphatic carbocycles. The normalized spacial score (nSPS) is 13.8. The van der Waals surface area contributed by atoms with Gasteiger partial charge in [-0.2, -0.15) is 19.4 Å². The summed E-state index contributed by atoms with van der Waals surface area (Å²) in [5.74, 6) is 0.739. The van der Waals surface area contributed by atoms with E-state index in [0.29, 0.717) is 0 Å². The summed E-state index contributed by atoms with van der Waals surface area (Å²) in [6.45, 7) is 16.1. The van der Waals surface area contributed by atoms with E-state index in [1.165, 1.54) is 0 Å². The number of carbonyl (C=O) groups excluding carboxylic acids is 2. The molecule has 2 unspecified atom stereocenters. The number of hydrogen-bond acceptors (Lipinski definition) is 6. The highest BCUT2D eigenvalue weighted by Crippen LogP contribution is 2.25. The summed E-state index contributed by atoms with van der Waals surface area (Å²) < 4.78 is 10.7. The Morgan fingerprint density at radius 1 is 0.615 bits per heavy atom. The molecule has 0 saturated heterocycles. The highest BCUT2D eigenvalue weighted by molar-refractivity contribution is 5.63. The minimum Gasteiger partial charge on any atom is -0.428 e. The number of rotatable bonds is 10. The minimum absolute atomic E-state index is 0.139. The molecular weight excluding hydrogens is 336 g/mol. The minimum atomic E-state index is -1.02. The first-order valence-electron chi connectivity index (χ1n) is 9.97. The average molecular weight is 375 g/mol. The smallest absolute Gasteiger partial charge is 0.428 e. The molecule has 0 aromatic rings. The molecule has 0 radical (unpaired) electrons. The number of hydrogen-bond donors (Lipinski definition) is 0. The molecule has 0 aliphatic heterocycles. The Kier molecular flexibility index (Phi) is 12.1. The third-order valence-electron chi connectivity index (χ3n) is 4.98. The highest BCUT2D eigenvalue weighted by Gasteiger charge is 2.29. The molecule has 0 heterocycles. The van der Waals surface area contributed by atoms with E-state index >= 15 is 0 Å². The van der Waals surface area contributed by atoms with Gasteiger partial charge in [0.15, 0.2) is 0 Å². The maximum atomic E-state index is 11.9. The van der Waals surface area contributed by atoms with E-state index in [1.807, 2.05) is 27.7 Å². The SMILES string of the molecule is CCC(CC)C(OC(=O)OOC(=O)OC(C(C)C)C(CC)CC)C(C)C. The average Bonchev–Trinajstić information content (AvgIpc) is 2.59. The van der Waals surface area contributed by atoms with Crippen LogP contribution in [0.5, 0.6) is 0 Å². The fourth-order valence-corrected chi connectivity index (χ4v) is 3.39. The lowest BCUT2D eigenvalue weighted by atomic mass is 9.89. The number of carbonyl (C=O) groups is 2. The van der Waals surface area contributed by atoms with E-state index in [-0.39, 0.29) is 35.9 Å². The Bertz CT molecular complexity index is 361. The van der Waals surface area contributed by atoms with E-state index in [9.17, 15) is 9.59 Å². The summed E-state index contributed by atoms with van der Waals surface area (Å²) >= 11 is 0. The first kappa shape index (κ1) is 24.5. The van der Waals surface area contributed by atoms with Crippen LogP contribution in [0, 0.1) is 23.7 Å². The van der Waals surface area contributed by atoms with Crippen LogP contribution in [0.1, 0.15) is 81.1 Å². The molecule has 0 aromatic heterocycles. The van der Waals surface area contributed by atoms with Crippen molar-refractivity contribution in [3.8, 4) is 0 Å². The van der Waals surface area contributed by atoms with Crippen LogP contribution in [-0.4, -0.2) is 24.5 Å². The first-order valence-corrected chi connectivity index (χ1v) is 9.97. The predicted molar refractivity (Wildman–Crippen MR) is 101 cm³/mol. The molecule has 0 spiro atoms. The third kappa shape index (κ3) is 8.28. The molecular formula is C20H38O6. The zero-order valence-electron chi connectivity index (χ0n) is 17.7. The zero-order valence-corrected chi connectivity index (χ0v) is 17.7. The van der Waals surface area contributed by atoms with Crippen molar-refractivity contribution < 1.29 is 28.8 Å². The molecule has 0 aliphatic rings. The quantitative estimate of drug-likeness (QED) is 0.260. The summed E-state index contributed by atoms with van der Waals surface area (Å²) in [5, 5.41) is 0. The summed E-state index contributed by atoms with van der Waals surface area (Å²) in [4.78, 5) is 32.8. The topological polar surface area (TPSA) is 71.1 Å². The highest BCUT2D eigenvalue weighted by atomic mass is 17.3. The summed E-state index contributed by atoms with van der Waals surface area (Å²) in [6, 6.07) is 0. The molecule has 26 heavy (non-hydrogen) atoms. The summed E-state index contributed by atoms with van der Waals surface area (Å²) in [7, 11) is 0. The Balaban J connectivity index is 4.62. The van der Waals surface area contributed by atoms with Crippen LogP contribution in [0.3, 0.4) is 0 Å². The van der Waals surface area contributed by atoms with Crippen molar-refractivity contribution >= 4 is 12.3 Å². The largest absolute Gasteiger partial charge is 0.550 e. The van der Waals surface area contributed by atoms with E-state index in [2.05, 4.69) is 37.5 Å². The van der Waals surface area contributed by atoms with Crippen LogP contribution in [-0.2, 0) is 19.2 Å². The van der Waals surface area contributed by atoms with Gasteiger partial charge in [0.1, 0.15) is 12.2 Å². The van der Waals surface area contributed by atoms with Crippen molar-refractivity contribution in [1.82, 2.24) is 0 Å². The van der Waals surface area contributed by atoms with E-state index < -0.39 is 12.3 Å². The second kappa shape index (κ2) is 12.8. The number of ether oxygens (including phenoxy) is 2. The van der Waals surface area contributed by atoms with Crippen molar-refractivity contribution in [2.75, 3.05) is 0 Å². The Morgan fingerprint density at radius 2 is 0.885 bits per heavy atom. The molecule has 154 valence electrons. The molecule has 0 aromatic carbocycles. The van der Waals surface area contributed by atoms with Gasteiger partial charge in [0.2, 0.25) is 0 Å². The van der Waals surface area contributed by atoms with E-state index in [0.717, 1.165) is 25.7 Å². The van der Waals surface area contributed by atoms with Crippen LogP contribution in [0.2, 0.25) is 0 Å². The zero-order chi connectivity index (χ0) is 20.3. The maximum Gasteiger partial charge on any atom is 0.550 e. The van der Waals surface area contributed by atoms with Gasteiger partial charge in [-0.3, -0.25) is 0 Å². The maximum absolute atomic E-state index is 11.9. The predicted octanol–water partition coefficient (Wildman–Crippen LogP) is 6.13. The van der Waals surface area contributed by atoms with Gasteiger partial charge in [-0.1, -0.05) is 55.4 Å². The third-order valence-corrected chi connectivity index (χ3v) is 4.98. The molecule has 0 N–H and O–H groups in total.